The summed E-state index contributed by atoms with van der Waals surface area (Å²) in [4.78, 5) is 76.2. The molecule has 3 saturated heterocycles. The first-order valence-corrected chi connectivity index (χ1v) is 24.2. The van der Waals surface area contributed by atoms with E-state index in [1.165, 1.54) is 4.31 Å². The smallest absolute Gasteiger partial charge is 0.303 e. The van der Waals surface area contributed by atoms with Gasteiger partial charge in [-0.25, -0.2) is 4.72 Å². The first-order chi connectivity index (χ1) is 27.8. The number of rotatable bonds is 13. The zero-order chi connectivity index (χ0) is 42.8. The third-order valence-electron chi connectivity index (χ3n) is 16.5. The molecule has 3 heterocycles. The van der Waals surface area contributed by atoms with Gasteiger partial charge in [0, 0.05) is 31.0 Å². The van der Waals surface area contributed by atoms with Crippen LogP contribution in [0.4, 0.5) is 0 Å². The van der Waals surface area contributed by atoms with Crippen molar-refractivity contribution in [3.63, 3.8) is 0 Å². The van der Waals surface area contributed by atoms with E-state index in [2.05, 4.69) is 46.0 Å². The van der Waals surface area contributed by atoms with Gasteiger partial charge >= 0.3 is 10.2 Å². The topological polar surface area (TPSA) is 177 Å². The molecule has 3 aliphatic heterocycles. The molecule has 5 amide bonds. The van der Waals surface area contributed by atoms with Gasteiger partial charge in [0.1, 0.15) is 23.7 Å². The van der Waals surface area contributed by atoms with Crippen molar-refractivity contribution in [2.24, 2.45) is 33.5 Å². The maximum Gasteiger partial charge on any atom is 0.303 e. The van der Waals surface area contributed by atoms with E-state index in [4.69, 9.17) is 0 Å². The molecule has 7 fully saturated rings. The maximum absolute atomic E-state index is 15.3. The molecule has 15 heteroatoms. The molecule has 0 aromatic rings. The standard InChI is InChI=1S/C44H71N7O7S/c1-8-30-26-44(30,39(56)48-59(57,58)50-24-14-11-15-25-50)47-36(53)32-27-43(41(6,7)42(43)21-17-22-42)28-51(32)38(55)34(40(3,4)5)46-37(54)33(29-18-12-10-13-19-29)45-35(52)31-20-16-23-49(31)9-2/h8,29-34H,1,9-28H2,2-7H3,(H,45,52)(H,46,54)(H,47,53)(H,48,56)/t30-,31+,32+,33+,34-,43-,44-/m1/s1. The molecule has 0 radical (unpaired) electrons. The summed E-state index contributed by atoms with van der Waals surface area (Å²) in [7, 11) is -4.13. The van der Waals surface area contributed by atoms with E-state index in [0.29, 0.717) is 38.9 Å². The van der Waals surface area contributed by atoms with Gasteiger partial charge in [-0.1, -0.05) is 79.7 Å². The van der Waals surface area contributed by atoms with Crippen molar-refractivity contribution in [1.82, 2.24) is 34.8 Å². The average Bonchev–Trinajstić information content (AvgIpc) is 3.70. The van der Waals surface area contributed by atoms with Crippen LogP contribution in [0.25, 0.3) is 0 Å². The van der Waals surface area contributed by atoms with Gasteiger partial charge in [0.05, 0.1) is 6.04 Å². The van der Waals surface area contributed by atoms with Crippen molar-refractivity contribution in [1.29, 1.82) is 0 Å². The monoisotopic (exact) mass is 842 g/mol. The van der Waals surface area contributed by atoms with Crippen LogP contribution in [0.3, 0.4) is 0 Å². The van der Waals surface area contributed by atoms with Crippen LogP contribution >= 0.6 is 0 Å². The second-order valence-corrected chi connectivity index (χ2v) is 22.4. The van der Waals surface area contributed by atoms with Crippen molar-refractivity contribution >= 4 is 39.7 Å². The molecule has 7 rings (SSSR count). The lowest BCUT2D eigenvalue weighted by Gasteiger charge is -2.38. The molecule has 0 bridgehead atoms. The molecule has 7 aliphatic rings. The number of carbonyl (C=O) groups is 5. The number of hydrogen-bond donors (Lipinski definition) is 4. The molecule has 4 aliphatic carbocycles. The van der Waals surface area contributed by atoms with Crippen LogP contribution in [0.15, 0.2) is 12.7 Å². The third-order valence-corrected chi connectivity index (χ3v) is 18.0. The van der Waals surface area contributed by atoms with Crippen molar-refractivity contribution in [2.75, 3.05) is 32.7 Å². The molecule has 14 nitrogen and oxygen atoms in total. The van der Waals surface area contributed by atoms with Crippen LogP contribution < -0.4 is 20.7 Å². The van der Waals surface area contributed by atoms with E-state index in [0.717, 1.165) is 83.7 Å². The van der Waals surface area contributed by atoms with Crippen LogP contribution in [0.5, 0.6) is 0 Å². The van der Waals surface area contributed by atoms with E-state index in [1.54, 1.807) is 11.0 Å². The normalized spacial score (nSPS) is 32.8. The average molecular weight is 842 g/mol. The molecule has 0 aromatic carbocycles. The Kier molecular flexibility index (Phi) is 12.0. The summed E-state index contributed by atoms with van der Waals surface area (Å²) in [6.07, 6.45) is 13.9. The van der Waals surface area contributed by atoms with Crippen LogP contribution in [0, 0.1) is 33.5 Å². The summed E-state index contributed by atoms with van der Waals surface area (Å²) in [5.41, 5.74) is -2.78. The summed E-state index contributed by atoms with van der Waals surface area (Å²) in [6.45, 7) is 18.7. The van der Waals surface area contributed by atoms with Gasteiger partial charge in [-0.05, 0) is 99.5 Å². The quantitative estimate of drug-likeness (QED) is 0.203. The molecule has 4 N–H and O–H groups in total. The van der Waals surface area contributed by atoms with E-state index in [9.17, 15) is 27.6 Å². The highest BCUT2D eigenvalue weighted by molar-refractivity contribution is 7.87. The Bertz CT molecular complexity index is 1800. The lowest BCUT2D eigenvalue weighted by Crippen LogP contribution is -2.63. The summed E-state index contributed by atoms with van der Waals surface area (Å²) < 4.78 is 30.2. The lowest BCUT2D eigenvalue weighted by atomic mass is 9.73. The Morgan fingerprint density at radius 1 is 0.814 bits per heavy atom. The van der Waals surface area contributed by atoms with Crippen LogP contribution in [-0.2, 0) is 34.2 Å². The van der Waals surface area contributed by atoms with Gasteiger partial charge in [-0.2, -0.15) is 12.7 Å². The number of likely N-dealkylation sites (N-methyl/N-ethyl adjacent to an activating group) is 1. The molecule has 59 heavy (non-hydrogen) atoms. The number of carbonyl (C=O) groups excluding carboxylic acids is 5. The number of amides is 5. The Morgan fingerprint density at radius 3 is 2.03 bits per heavy atom. The lowest BCUT2D eigenvalue weighted by molar-refractivity contribution is -0.145. The Hall–Kier alpha value is -3.04. The molecule has 7 atom stereocenters. The van der Waals surface area contributed by atoms with Gasteiger partial charge in [0.15, 0.2) is 0 Å². The predicted molar refractivity (Wildman–Crippen MR) is 224 cm³/mol. The Labute approximate surface area is 352 Å². The molecule has 330 valence electrons. The molecular weight excluding hydrogens is 771 g/mol. The summed E-state index contributed by atoms with van der Waals surface area (Å²) in [5, 5.41) is 9.28. The second-order valence-electron chi connectivity index (χ2n) is 20.7. The second kappa shape index (κ2) is 16.0. The number of likely N-dealkylation sites (tertiary alicyclic amines) is 2. The number of nitrogens with zero attached hydrogens (tertiary/aromatic N) is 3. The van der Waals surface area contributed by atoms with Gasteiger partial charge in [-0.15, -0.1) is 6.58 Å². The number of nitrogens with one attached hydrogen (secondary N) is 4. The number of piperidine rings is 1. The zero-order valence-corrected chi connectivity index (χ0v) is 37.3. The first-order valence-electron chi connectivity index (χ1n) is 22.7. The molecular formula is C44H71N7O7S. The highest BCUT2D eigenvalue weighted by atomic mass is 32.2. The van der Waals surface area contributed by atoms with Crippen molar-refractivity contribution < 1.29 is 32.4 Å². The minimum atomic E-state index is -4.13. The summed E-state index contributed by atoms with van der Waals surface area (Å²) in [5.74, 6) is -2.75. The summed E-state index contributed by atoms with van der Waals surface area (Å²) >= 11 is 0. The van der Waals surface area contributed by atoms with Crippen LogP contribution in [0.2, 0.25) is 0 Å². The number of hydrogen-bond acceptors (Lipinski definition) is 8. The van der Waals surface area contributed by atoms with E-state index < -0.39 is 57.0 Å². The maximum atomic E-state index is 15.3. The minimum Gasteiger partial charge on any atom is -0.343 e. The first kappa shape index (κ1) is 44.0. The van der Waals surface area contributed by atoms with Gasteiger partial charge in [0.2, 0.25) is 23.6 Å². The zero-order valence-electron chi connectivity index (χ0n) is 36.5. The fourth-order valence-electron chi connectivity index (χ4n) is 12.4. The van der Waals surface area contributed by atoms with Crippen molar-refractivity contribution in [3.8, 4) is 0 Å². The fourth-order valence-corrected chi connectivity index (χ4v) is 13.7. The van der Waals surface area contributed by atoms with Crippen molar-refractivity contribution in [3.05, 3.63) is 12.7 Å². The summed E-state index contributed by atoms with van der Waals surface area (Å²) in [6, 6.07) is -3.05. The Morgan fingerprint density at radius 2 is 1.47 bits per heavy atom. The Balaban J connectivity index is 1.15. The van der Waals surface area contributed by atoms with E-state index in [-0.39, 0.29) is 52.3 Å². The molecule has 4 saturated carbocycles. The van der Waals surface area contributed by atoms with E-state index in [1.807, 2.05) is 27.7 Å². The largest absolute Gasteiger partial charge is 0.343 e. The van der Waals surface area contributed by atoms with Gasteiger partial charge in [-0.3, -0.25) is 28.9 Å². The fraction of sp³-hybridized carbons (Fsp3) is 0.841. The predicted octanol–water partition coefficient (Wildman–Crippen LogP) is 3.77. The highest BCUT2D eigenvalue weighted by Gasteiger charge is 2.85. The van der Waals surface area contributed by atoms with Crippen molar-refractivity contribution in [2.45, 2.75) is 168 Å². The van der Waals surface area contributed by atoms with Gasteiger partial charge in [0.25, 0.3) is 5.91 Å². The van der Waals surface area contributed by atoms with Crippen LogP contribution in [-0.4, -0.2) is 114 Å². The highest BCUT2D eigenvalue weighted by Crippen LogP contribution is 2.88. The molecule has 0 aromatic heterocycles. The van der Waals surface area contributed by atoms with Crippen LogP contribution in [0.1, 0.15) is 138 Å². The molecule has 2 spiro atoms. The third kappa shape index (κ3) is 7.54. The SMILES string of the molecule is C=C[C@@H]1C[C@]1(NC(=O)[C@@H]1C[C@@]2(CN1C(=O)[C@@H](NC(=O)[C@@H](NC(=O)[C@@H]1CCCN1CC)C1CCCCC1)C(C)(C)C)C(C)(C)C21CCC1)C(=O)NS(=O)(=O)N1CCCCC1. The van der Waals surface area contributed by atoms with E-state index >= 15 is 4.79 Å². The van der Waals surface area contributed by atoms with Gasteiger partial charge < -0.3 is 20.9 Å². The minimum absolute atomic E-state index is 0.0160. The number of fused-ring (bicyclic) bond motifs is 1. The molecule has 0 unspecified atom stereocenters.